The summed E-state index contributed by atoms with van der Waals surface area (Å²) in [5.41, 5.74) is 0.306. The molecule has 2 aromatic rings. The van der Waals surface area contributed by atoms with E-state index in [4.69, 9.17) is 9.84 Å². The molecular weight excluding hydrogens is 240 g/mol. The van der Waals surface area contributed by atoms with Gasteiger partial charge in [0.15, 0.2) is 11.2 Å². The van der Waals surface area contributed by atoms with Gasteiger partial charge in [0.1, 0.15) is 12.3 Å². The Balaban J connectivity index is 2.03. The monoisotopic (exact) mass is 252 g/mol. The number of hydrogen-bond donors (Lipinski definition) is 3. The molecule has 0 aromatic carbocycles. The van der Waals surface area contributed by atoms with Crippen LogP contribution in [0.3, 0.4) is 0 Å². The fourth-order valence-corrected chi connectivity index (χ4v) is 2.15. The predicted octanol–water partition coefficient (Wildman–Crippen LogP) is -1.24. The Morgan fingerprint density at radius 3 is 3.11 bits per heavy atom. The van der Waals surface area contributed by atoms with Crippen LogP contribution < -0.4 is 5.56 Å². The zero-order valence-electron chi connectivity index (χ0n) is 9.35. The van der Waals surface area contributed by atoms with Crippen molar-refractivity contribution in [1.82, 2.24) is 19.5 Å². The van der Waals surface area contributed by atoms with Gasteiger partial charge in [0.25, 0.3) is 5.56 Å². The molecule has 0 unspecified atom stereocenters. The van der Waals surface area contributed by atoms with E-state index in [1.165, 1.54) is 17.2 Å². The second kappa shape index (κ2) is 4.16. The maximum absolute atomic E-state index is 11.7. The molecule has 2 aromatic heterocycles. The van der Waals surface area contributed by atoms with E-state index in [9.17, 15) is 9.90 Å². The summed E-state index contributed by atoms with van der Waals surface area (Å²) in [5.74, 6) is 0. The van der Waals surface area contributed by atoms with E-state index < -0.39 is 18.4 Å². The van der Waals surface area contributed by atoms with Crippen molar-refractivity contribution in [1.29, 1.82) is 0 Å². The molecular formula is C10H12N4O4. The molecule has 3 atom stereocenters. The molecule has 1 aliphatic heterocycles. The lowest BCUT2D eigenvalue weighted by Crippen LogP contribution is -2.24. The number of aromatic amines is 1. The van der Waals surface area contributed by atoms with Gasteiger partial charge in [-0.05, 0) is 0 Å². The Bertz CT molecular complexity index is 622. The molecule has 1 fully saturated rings. The van der Waals surface area contributed by atoms with Crippen LogP contribution in [0.1, 0.15) is 12.6 Å². The highest BCUT2D eigenvalue weighted by atomic mass is 16.5. The minimum absolute atomic E-state index is 0.265. The summed E-state index contributed by atoms with van der Waals surface area (Å²) in [5, 5.41) is 18.7. The van der Waals surface area contributed by atoms with Crippen LogP contribution in [-0.4, -0.2) is 48.5 Å². The van der Waals surface area contributed by atoms with Gasteiger partial charge in [0, 0.05) is 6.42 Å². The number of rotatable bonds is 2. The second-order valence-electron chi connectivity index (χ2n) is 4.17. The summed E-state index contributed by atoms with van der Waals surface area (Å²) in [6, 6.07) is 0. The fourth-order valence-electron chi connectivity index (χ4n) is 2.15. The van der Waals surface area contributed by atoms with Gasteiger partial charge in [-0.25, -0.2) is 9.97 Å². The van der Waals surface area contributed by atoms with Crippen molar-refractivity contribution < 1.29 is 14.9 Å². The number of ether oxygens (including phenoxy) is 1. The highest BCUT2D eigenvalue weighted by Crippen LogP contribution is 2.29. The minimum Gasteiger partial charge on any atom is -0.394 e. The number of aliphatic hydroxyl groups excluding tert-OH is 2. The van der Waals surface area contributed by atoms with Gasteiger partial charge in [0.2, 0.25) is 0 Å². The number of fused-ring (bicyclic) bond motifs is 1. The van der Waals surface area contributed by atoms with E-state index in [2.05, 4.69) is 15.0 Å². The van der Waals surface area contributed by atoms with E-state index in [0.29, 0.717) is 17.6 Å². The van der Waals surface area contributed by atoms with Crippen molar-refractivity contribution in [3.63, 3.8) is 0 Å². The Hall–Kier alpha value is -1.77. The van der Waals surface area contributed by atoms with Crippen LogP contribution in [0.25, 0.3) is 11.2 Å². The van der Waals surface area contributed by atoms with Gasteiger partial charge in [-0.15, -0.1) is 0 Å². The van der Waals surface area contributed by atoms with Crippen LogP contribution in [-0.2, 0) is 4.74 Å². The van der Waals surface area contributed by atoms with Crippen molar-refractivity contribution in [3.05, 3.63) is 23.0 Å². The quantitative estimate of drug-likeness (QED) is 0.616. The maximum atomic E-state index is 11.7. The molecule has 1 aliphatic rings. The molecule has 0 bridgehead atoms. The smallest absolute Gasteiger partial charge is 0.277 e. The molecule has 8 nitrogen and oxygen atoms in total. The topological polar surface area (TPSA) is 113 Å². The van der Waals surface area contributed by atoms with Crippen LogP contribution in [0, 0.1) is 0 Å². The van der Waals surface area contributed by atoms with E-state index in [-0.39, 0.29) is 12.2 Å². The summed E-state index contributed by atoms with van der Waals surface area (Å²) in [7, 11) is 0. The third-order valence-electron chi connectivity index (χ3n) is 3.07. The first-order valence-electron chi connectivity index (χ1n) is 5.55. The summed E-state index contributed by atoms with van der Waals surface area (Å²) in [6.07, 6.45) is 1.11. The predicted molar refractivity (Wildman–Crippen MR) is 59.8 cm³/mol. The summed E-state index contributed by atoms with van der Waals surface area (Å²) < 4.78 is 7.00. The Labute approximate surface area is 101 Å². The van der Waals surface area contributed by atoms with Crippen LogP contribution in [0.15, 0.2) is 17.4 Å². The number of nitrogens with zero attached hydrogens (tertiary/aromatic N) is 3. The molecule has 0 saturated carbocycles. The van der Waals surface area contributed by atoms with Gasteiger partial charge in [-0.1, -0.05) is 0 Å². The lowest BCUT2D eigenvalue weighted by molar-refractivity contribution is -0.0431. The third-order valence-corrected chi connectivity index (χ3v) is 3.07. The minimum atomic E-state index is -0.756. The highest BCUT2D eigenvalue weighted by molar-refractivity contribution is 5.68. The lowest BCUT2D eigenvalue weighted by atomic mass is 10.2. The Kier molecular flexibility index (Phi) is 2.62. The van der Waals surface area contributed by atoms with Gasteiger partial charge >= 0.3 is 0 Å². The van der Waals surface area contributed by atoms with Crippen molar-refractivity contribution in [2.45, 2.75) is 24.9 Å². The van der Waals surface area contributed by atoms with Crippen LogP contribution in [0.2, 0.25) is 0 Å². The molecule has 0 aliphatic carbocycles. The van der Waals surface area contributed by atoms with Crippen molar-refractivity contribution >= 4 is 11.2 Å². The number of aromatic nitrogens is 4. The first kappa shape index (κ1) is 11.3. The van der Waals surface area contributed by atoms with Gasteiger partial charge in [-0.2, -0.15) is 0 Å². The molecule has 8 heteroatoms. The average Bonchev–Trinajstić information content (AvgIpc) is 2.93. The third kappa shape index (κ3) is 1.62. The summed E-state index contributed by atoms with van der Waals surface area (Å²) >= 11 is 0. The Morgan fingerprint density at radius 1 is 1.56 bits per heavy atom. The molecule has 1 saturated heterocycles. The van der Waals surface area contributed by atoms with Crippen molar-refractivity contribution in [3.8, 4) is 0 Å². The number of hydrogen-bond acceptors (Lipinski definition) is 6. The zero-order chi connectivity index (χ0) is 12.7. The van der Waals surface area contributed by atoms with Gasteiger partial charge in [-0.3, -0.25) is 9.36 Å². The molecule has 96 valence electrons. The first-order chi connectivity index (χ1) is 8.70. The zero-order valence-corrected chi connectivity index (χ0v) is 9.35. The van der Waals surface area contributed by atoms with E-state index >= 15 is 0 Å². The van der Waals surface area contributed by atoms with Crippen LogP contribution in [0.4, 0.5) is 0 Å². The molecule has 3 N–H and O–H groups in total. The number of aliphatic hydroxyl groups is 2. The molecule has 0 amide bonds. The van der Waals surface area contributed by atoms with E-state index in [0.717, 1.165) is 0 Å². The lowest BCUT2D eigenvalue weighted by Gasteiger charge is -2.13. The molecule has 3 heterocycles. The fraction of sp³-hybridized carbons (Fsp3) is 0.500. The van der Waals surface area contributed by atoms with Crippen molar-refractivity contribution in [2.24, 2.45) is 0 Å². The standard InChI is InChI=1S/C10H12N4O4/c15-2-6-5(16)1-7(18-6)14-4-13-9-8(14)10(17)12-3-11-9/h3-7,15-16H,1-2H2,(H,11,12,17)/t5-,6+,7-/m0/s1. The second-order valence-corrected chi connectivity index (χ2v) is 4.17. The highest BCUT2D eigenvalue weighted by Gasteiger charge is 2.35. The molecule has 3 rings (SSSR count). The van der Waals surface area contributed by atoms with Crippen LogP contribution >= 0.6 is 0 Å². The summed E-state index contributed by atoms with van der Waals surface area (Å²) in [4.78, 5) is 22.1. The number of nitrogens with one attached hydrogen (secondary N) is 1. The van der Waals surface area contributed by atoms with Crippen molar-refractivity contribution in [2.75, 3.05) is 6.61 Å². The average molecular weight is 252 g/mol. The maximum Gasteiger partial charge on any atom is 0.277 e. The normalized spacial score (nSPS) is 28.0. The summed E-state index contributed by atoms with van der Waals surface area (Å²) in [6.45, 7) is -0.265. The van der Waals surface area contributed by atoms with Gasteiger partial charge < -0.3 is 19.9 Å². The molecule has 0 radical (unpaired) electrons. The van der Waals surface area contributed by atoms with Crippen LogP contribution in [0.5, 0.6) is 0 Å². The Morgan fingerprint density at radius 2 is 2.39 bits per heavy atom. The molecule has 0 spiro atoms. The van der Waals surface area contributed by atoms with E-state index in [1.54, 1.807) is 0 Å². The first-order valence-corrected chi connectivity index (χ1v) is 5.55. The SMILES string of the molecule is O=c1[nH]cnc2ncn([C@@H]3C[C@H](O)[C@@H](CO)O3)c12. The van der Waals surface area contributed by atoms with Gasteiger partial charge in [0.05, 0.1) is 25.4 Å². The number of imidazole rings is 1. The molecule has 18 heavy (non-hydrogen) atoms. The number of H-pyrrole nitrogens is 1. The largest absolute Gasteiger partial charge is 0.394 e. The van der Waals surface area contributed by atoms with E-state index in [1.807, 2.05) is 0 Å².